The van der Waals surface area contributed by atoms with Gasteiger partial charge in [0.25, 0.3) is 0 Å². The number of benzene rings is 1. The van der Waals surface area contributed by atoms with E-state index in [-0.39, 0.29) is 0 Å². The molecule has 2 aromatic rings. The maximum absolute atomic E-state index is 8.83. The van der Waals surface area contributed by atoms with E-state index in [0.29, 0.717) is 5.56 Å². The minimum absolute atomic E-state index is 0.607. The van der Waals surface area contributed by atoms with Crippen LogP contribution in [0.2, 0.25) is 0 Å². The van der Waals surface area contributed by atoms with Crippen LogP contribution < -0.4 is 5.32 Å². The molecule has 78 valence electrons. The van der Waals surface area contributed by atoms with Crippen LogP contribution in [0.1, 0.15) is 5.56 Å². The summed E-state index contributed by atoms with van der Waals surface area (Å²) in [6.45, 7) is 0.995. The lowest BCUT2D eigenvalue weighted by molar-refractivity contribution is 1.17. The number of rotatable bonds is 0. The molecule has 0 saturated heterocycles. The van der Waals surface area contributed by atoms with Gasteiger partial charge in [-0.05, 0) is 18.2 Å². The Balaban J connectivity index is 2.24. The van der Waals surface area contributed by atoms with E-state index < -0.39 is 0 Å². The lowest BCUT2D eigenvalue weighted by Crippen LogP contribution is -2.09. The summed E-state index contributed by atoms with van der Waals surface area (Å²) in [5.41, 5.74) is 2.71. The zero-order chi connectivity index (χ0) is 11.0. The molecule has 3 nitrogen and oxygen atoms in total. The van der Waals surface area contributed by atoms with Gasteiger partial charge >= 0.3 is 0 Å². The molecule has 3 rings (SSSR count). The molecule has 0 atom stereocenters. The fourth-order valence-corrected chi connectivity index (χ4v) is 2.73. The third-order valence-corrected chi connectivity index (χ3v) is 3.64. The Labute approximate surface area is 97.5 Å². The van der Waals surface area contributed by atoms with Gasteiger partial charge in [-0.25, -0.2) is 0 Å². The molecule has 0 bridgehead atoms. The first-order valence-corrected chi connectivity index (χ1v) is 6.06. The maximum atomic E-state index is 8.83. The van der Waals surface area contributed by atoms with Crippen molar-refractivity contribution in [2.24, 2.45) is 0 Å². The lowest BCUT2D eigenvalue weighted by atomic mass is 10.1. The number of hydrogen-bond donors (Lipinski definition) is 1. The fourth-order valence-electron chi connectivity index (χ4n) is 1.82. The van der Waals surface area contributed by atoms with Crippen molar-refractivity contribution in [3.05, 3.63) is 30.0 Å². The van der Waals surface area contributed by atoms with Gasteiger partial charge in [-0.1, -0.05) is 0 Å². The normalized spacial score (nSPS) is 13.9. The van der Waals surface area contributed by atoms with E-state index in [1.807, 2.05) is 17.8 Å². The van der Waals surface area contributed by atoms with E-state index in [9.17, 15) is 0 Å². The number of anilines is 1. The second-order valence-electron chi connectivity index (χ2n) is 3.65. The number of nitrogens with zero attached hydrogens (tertiary/aromatic N) is 2. The first kappa shape index (κ1) is 9.49. The Morgan fingerprint density at radius 2 is 2.31 bits per heavy atom. The van der Waals surface area contributed by atoms with Crippen molar-refractivity contribution >= 4 is 28.4 Å². The molecule has 1 aliphatic heterocycles. The van der Waals surface area contributed by atoms with Gasteiger partial charge in [-0.3, -0.25) is 4.98 Å². The van der Waals surface area contributed by atoms with E-state index in [0.717, 1.165) is 28.9 Å². The maximum Gasteiger partial charge on any atom is 0.101 e. The number of thioether (sulfide) groups is 1. The van der Waals surface area contributed by atoms with Gasteiger partial charge in [-0.2, -0.15) is 5.26 Å². The van der Waals surface area contributed by atoms with Crippen molar-refractivity contribution in [1.82, 2.24) is 4.98 Å². The van der Waals surface area contributed by atoms with Crippen molar-refractivity contribution in [2.75, 3.05) is 17.6 Å². The summed E-state index contributed by atoms with van der Waals surface area (Å²) in [6.07, 6.45) is 1.62. The first-order chi connectivity index (χ1) is 7.86. The molecular weight excluding hydrogens is 218 g/mol. The molecule has 16 heavy (non-hydrogen) atoms. The van der Waals surface area contributed by atoms with E-state index in [2.05, 4.69) is 28.5 Å². The minimum Gasteiger partial charge on any atom is -0.383 e. The van der Waals surface area contributed by atoms with Crippen LogP contribution in [-0.2, 0) is 0 Å². The molecule has 2 heterocycles. The number of nitrogens with one attached hydrogen (secondary N) is 1. The predicted molar refractivity (Wildman–Crippen MR) is 65.7 cm³/mol. The van der Waals surface area contributed by atoms with Gasteiger partial charge in [0, 0.05) is 34.5 Å². The quantitative estimate of drug-likeness (QED) is 0.751. The summed E-state index contributed by atoms with van der Waals surface area (Å²) >= 11 is 1.85. The Morgan fingerprint density at radius 1 is 1.38 bits per heavy atom. The average molecular weight is 227 g/mol. The molecule has 0 fully saturated rings. The molecule has 1 aromatic carbocycles. The molecule has 1 aliphatic rings. The SMILES string of the molecule is N#Cc1cnc2cc3c(cc2c1)NCCS3. The first-order valence-electron chi connectivity index (χ1n) is 5.07. The standard InChI is InChI=1S/C12H9N3S/c13-6-8-3-9-4-11-12(16-2-1-14-11)5-10(9)15-7-8/h3-5,7,14H,1-2H2. The molecule has 0 amide bonds. The number of pyridine rings is 1. The molecule has 0 unspecified atom stereocenters. The molecule has 0 radical (unpaired) electrons. The van der Waals surface area contributed by atoms with Crippen LogP contribution in [0.3, 0.4) is 0 Å². The van der Waals surface area contributed by atoms with Crippen molar-refractivity contribution in [3.63, 3.8) is 0 Å². The number of fused-ring (bicyclic) bond motifs is 2. The van der Waals surface area contributed by atoms with Crippen molar-refractivity contribution < 1.29 is 0 Å². The number of aromatic nitrogens is 1. The van der Waals surface area contributed by atoms with Gasteiger partial charge in [0.2, 0.25) is 0 Å². The summed E-state index contributed by atoms with van der Waals surface area (Å²) in [5.74, 6) is 1.09. The van der Waals surface area contributed by atoms with Gasteiger partial charge in [0.1, 0.15) is 6.07 Å². The Bertz CT molecular complexity index is 601. The van der Waals surface area contributed by atoms with Crippen molar-refractivity contribution in [3.8, 4) is 6.07 Å². The van der Waals surface area contributed by atoms with E-state index in [1.165, 1.54) is 4.90 Å². The zero-order valence-electron chi connectivity index (χ0n) is 8.53. The van der Waals surface area contributed by atoms with Crippen LogP contribution in [0.4, 0.5) is 5.69 Å². The van der Waals surface area contributed by atoms with E-state index in [1.54, 1.807) is 6.20 Å². The van der Waals surface area contributed by atoms with Gasteiger partial charge in [-0.15, -0.1) is 11.8 Å². The Hall–Kier alpha value is -1.73. The predicted octanol–water partition coefficient (Wildman–Crippen LogP) is 2.62. The highest BCUT2D eigenvalue weighted by molar-refractivity contribution is 7.99. The Morgan fingerprint density at radius 3 is 3.19 bits per heavy atom. The third kappa shape index (κ3) is 1.50. The van der Waals surface area contributed by atoms with Crippen LogP contribution in [0.15, 0.2) is 29.3 Å². The zero-order valence-corrected chi connectivity index (χ0v) is 9.34. The lowest BCUT2D eigenvalue weighted by Gasteiger charge is -2.17. The van der Waals surface area contributed by atoms with Crippen LogP contribution in [-0.4, -0.2) is 17.3 Å². The molecule has 0 saturated carbocycles. The molecule has 0 spiro atoms. The highest BCUT2D eigenvalue weighted by Crippen LogP contribution is 2.33. The van der Waals surface area contributed by atoms with Crippen LogP contribution >= 0.6 is 11.8 Å². The summed E-state index contributed by atoms with van der Waals surface area (Å²) in [4.78, 5) is 5.54. The highest BCUT2D eigenvalue weighted by Gasteiger charge is 2.10. The molecule has 4 heteroatoms. The topological polar surface area (TPSA) is 48.7 Å². The second-order valence-corrected chi connectivity index (χ2v) is 4.79. The number of hydrogen-bond acceptors (Lipinski definition) is 4. The largest absolute Gasteiger partial charge is 0.383 e. The number of nitriles is 1. The van der Waals surface area contributed by atoms with E-state index >= 15 is 0 Å². The second kappa shape index (κ2) is 3.69. The smallest absolute Gasteiger partial charge is 0.101 e. The summed E-state index contributed by atoms with van der Waals surface area (Å²) < 4.78 is 0. The van der Waals surface area contributed by atoms with Crippen molar-refractivity contribution in [1.29, 1.82) is 5.26 Å². The van der Waals surface area contributed by atoms with Crippen LogP contribution in [0, 0.1) is 11.3 Å². The third-order valence-electron chi connectivity index (χ3n) is 2.59. The average Bonchev–Trinajstić information content (AvgIpc) is 2.35. The van der Waals surface area contributed by atoms with Crippen molar-refractivity contribution in [2.45, 2.75) is 4.90 Å². The monoisotopic (exact) mass is 227 g/mol. The Kier molecular flexibility index (Phi) is 2.19. The molecule has 0 aliphatic carbocycles. The fraction of sp³-hybridized carbons (Fsp3) is 0.167. The molecular formula is C12H9N3S. The van der Waals surface area contributed by atoms with Gasteiger partial charge in [0.15, 0.2) is 0 Å². The van der Waals surface area contributed by atoms with Crippen LogP contribution in [0.25, 0.3) is 10.9 Å². The summed E-state index contributed by atoms with van der Waals surface area (Å²) in [6, 6.07) is 8.15. The minimum atomic E-state index is 0.607. The molecule has 1 aromatic heterocycles. The summed E-state index contributed by atoms with van der Waals surface area (Å²) in [5, 5.41) is 13.2. The molecule has 1 N–H and O–H groups in total. The van der Waals surface area contributed by atoms with Crippen LogP contribution in [0.5, 0.6) is 0 Å². The van der Waals surface area contributed by atoms with Gasteiger partial charge in [0.05, 0.1) is 11.1 Å². The van der Waals surface area contributed by atoms with Gasteiger partial charge < -0.3 is 5.32 Å². The summed E-state index contributed by atoms with van der Waals surface area (Å²) in [7, 11) is 0. The highest BCUT2D eigenvalue weighted by atomic mass is 32.2. The van der Waals surface area contributed by atoms with E-state index in [4.69, 9.17) is 5.26 Å².